The molecule has 31 heavy (non-hydrogen) atoms. The first-order valence-electron chi connectivity index (χ1n) is 10.2. The number of benzene rings is 2. The van der Waals surface area contributed by atoms with E-state index < -0.39 is 5.63 Å². The third-order valence-corrected chi connectivity index (χ3v) is 5.68. The molecule has 5 rings (SSSR count). The third kappa shape index (κ3) is 3.50. The smallest absolute Gasteiger partial charge is 0.347 e. The quantitative estimate of drug-likeness (QED) is 0.474. The molecule has 1 saturated heterocycles. The summed E-state index contributed by atoms with van der Waals surface area (Å²) < 4.78 is 12.3. The Morgan fingerprint density at radius 3 is 2.58 bits per heavy atom. The lowest BCUT2D eigenvalue weighted by molar-refractivity contribution is -0.132. The summed E-state index contributed by atoms with van der Waals surface area (Å²) in [5.74, 6) is 0.803. The van der Waals surface area contributed by atoms with Crippen molar-refractivity contribution >= 4 is 33.5 Å². The molecule has 1 aliphatic rings. The molecule has 4 aromatic rings. The van der Waals surface area contributed by atoms with Crippen molar-refractivity contribution in [1.29, 1.82) is 0 Å². The number of amides is 1. The van der Waals surface area contributed by atoms with Crippen LogP contribution in [0.25, 0.3) is 21.9 Å². The summed E-state index contributed by atoms with van der Waals surface area (Å²) in [5, 5.41) is 5.64. The highest BCUT2D eigenvalue weighted by Gasteiger charge is 2.23. The number of carbonyl (C=O) groups excluding carboxylic acids is 1. The van der Waals surface area contributed by atoms with E-state index in [4.69, 9.17) is 9.15 Å². The standard InChI is InChI=1S/C23H22N4O4/c1-30-20-9-5-3-7-18(20)25-10-12-26(13-11-25)21(28)15-27-14-17-22(24-27)16-6-2-4-8-19(16)31-23(17)29/h2-9,14H,10-13,15H2,1H3. The Hall–Kier alpha value is -3.81. The summed E-state index contributed by atoms with van der Waals surface area (Å²) in [6.07, 6.45) is 1.59. The van der Waals surface area contributed by atoms with E-state index in [0.29, 0.717) is 29.6 Å². The van der Waals surface area contributed by atoms with Gasteiger partial charge in [-0.15, -0.1) is 0 Å². The minimum atomic E-state index is -0.446. The fourth-order valence-electron chi connectivity index (χ4n) is 4.08. The molecule has 0 N–H and O–H groups in total. The Morgan fingerprint density at radius 1 is 1.03 bits per heavy atom. The Labute approximate surface area is 178 Å². The number of anilines is 1. The van der Waals surface area contributed by atoms with E-state index in [1.807, 2.05) is 47.4 Å². The highest BCUT2D eigenvalue weighted by atomic mass is 16.5. The number of methoxy groups -OCH3 is 1. The molecule has 0 aliphatic carbocycles. The van der Waals surface area contributed by atoms with Crippen LogP contribution in [0.1, 0.15) is 0 Å². The van der Waals surface area contributed by atoms with Gasteiger partial charge >= 0.3 is 5.63 Å². The number of hydrogen-bond acceptors (Lipinski definition) is 6. The molecule has 8 heteroatoms. The van der Waals surface area contributed by atoms with Crippen LogP contribution in [-0.4, -0.2) is 53.9 Å². The lowest BCUT2D eigenvalue weighted by atomic mass is 10.2. The predicted molar refractivity (Wildman–Crippen MR) is 118 cm³/mol. The van der Waals surface area contributed by atoms with Crippen molar-refractivity contribution in [2.24, 2.45) is 0 Å². The number of ether oxygens (including phenoxy) is 1. The highest BCUT2D eigenvalue weighted by molar-refractivity contribution is 6.01. The van der Waals surface area contributed by atoms with Crippen LogP contribution in [0.15, 0.2) is 63.9 Å². The first kappa shape index (κ1) is 19.2. The zero-order valence-electron chi connectivity index (χ0n) is 17.2. The first-order valence-corrected chi connectivity index (χ1v) is 10.2. The lowest BCUT2D eigenvalue weighted by Crippen LogP contribution is -2.49. The Kier molecular flexibility index (Phi) is 4.82. The Balaban J connectivity index is 1.31. The van der Waals surface area contributed by atoms with Crippen LogP contribution in [-0.2, 0) is 11.3 Å². The van der Waals surface area contributed by atoms with Crippen LogP contribution in [0.2, 0.25) is 0 Å². The molecule has 0 unspecified atom stereocenters. The van der Waals surface area contributed by atoms with E-state index >= 15 is 0 Å². The third-order valence-electron chi connectivity index (χ3n) is 5.68. The molecule has 2 aromatic heterocycles. The molecule has 0 radical (unpaired) electrons. The van der Waals surface area contributed by atoms with Crippen molar-refractivity contribution < 1.29 is 13.9 Å². The number of hydrogen-bond donors (Lipinski definition) is 0. The summed E-state index contributed by atoms with van der Waals surface area (Å²) in [6.45, 7) is 2.76. The monoisotopic (exact) mass is 418 g/mol. The van der Waals surface area contributed by atoms with E-state index in [1.54, 1.807) is 19.4 Å². The number of piperazine rings is 1. The van der Waals surface area contributed by atoms with Crippen molar-refractivity contribution in [3.63, 3.8) is 0 Å². The van der Waals surface area contributed by atoms with Crippen molar-refractivity contribution in [2.75, 3.05) is 38.2 Å². The van der Waals surface area contributed by atoms with E-state index in [9.17, 15) is 9.59 Å². The van der Waals surface area contributed by atoms with Gasteiger partial charge in [-0.05, 0) is 24.3 Å². The number of para-hydroxylation sites is 3. The van der Waals surface area contributed by atoms with Gasteiger partial charge in [0.15, 0.2) is 0 Å². The zero-order chi connectivity index (χ0) is 21.4. The molecule has 1 fully saturated rings. The van der Waals surface area contributed by atoms with Gasteiger partial charge in [0, 0.05) is 37.8 Å². The Bertz CT molecular complexity index is 1320. The van der Waals surface area contributed by atoms with Crippen molar-refractivity contribution in [2.45, 2.75) is 6.54 Å². The normalized spacial score (nSPS) is 14.4. The fourth-order valence-corrected chi connectivity index (χ4v) is 4.08. The van der Waals surface area contributed by atoms with Gasteiger partial charge in [0.1, 0.15) is 28.8 Å². The average molecular weight is 418 g/mol. The number of aromatic nitrogens is 2. The van der Waals surface area contributed by atoms with Crippen LogP contribution < -0.4 is 15.3 Å². The maximum absolute atomic E-state index is 12.9. The summed E-state index contributed by atoms with van der Waals surface area (Å²) in [7, 11) is 1.66. The molecule has 158 valence electrons. The van der Waals surface area contributed by atoms with Gasteiger partial charge in [0.2, 0.25) is 5.91 Å². The number of fused-ring (bicyclic) bond motifs is 3. The molecule has 1 aliphatic heterocycles. The molecule has 0 bridgehead atoms. The topological polar surface area (TPSA) is 80.8 Å². The van der Waals surface area contributed by atoms with Gasteiger partial charge in [-0.1, -0.05) is 24.3 Å². The molecular formula is C23H22N4O4. The lowest BCUT2D eigenvalue weighted by Gasteiger charge is -2.36. The van der Waals surface area contributed by atoms with Gasteiger partial charge in [0.05, 0.1) is 12.8 Å². The molecule has 0 saturated carbocycles. The maximum Gasteiger partial charge on any atom is 0.347 e. The SMILES string of the molecule is COc1ccccc1N1CCN(C(=O)Cn2cc3c(=O)oc4ccccc4c3n2)CC1. The van der Waals surface area contributed by atoms with Crippen LogP contribution >= 0.6 is 0 Å². The van der Waals surface area contributed by atoms with Gasteiger partial charge < -0.3 is 19.0 Å². The fraction of sp³-hybridized carbons (Fsp3) is 0.261. The minimum Gasteiger partial charge on any atom is -0.495 e. The largest absolute Gasteiger partial charge is 0.495 e. The summed E-state index contributed by atoms with van der Waals surface area (Å²) in [5.41, 5.74) is 1.64. The molecule has 0 atom stereocenters. The van der Waals surface area contributed by atoms with Crippen molar-refractivity contribution in [3.05, 3.63) is 65.1 Å². The van der Waals surface area contributed by atoms with Crippen LogP contribution in [0.5, 0.6) is 5.75 Å². The van der Waals surface area contributed by atoms with Gasteiger partial charge in [-0.2, -0.15) is 5.10 Å². The van der Waals surface area contributed by atoms with E-state index in [-0.39, 0.29) is 12.5 Å². The number of rotatable bonds is 4. The highest BCUT2D eigenvalue weighted by Crippen LogP contribution is 2.28. The predicted octanol–water partition coefficient (Wildman–Crippen LogP) is 2.50. The first-order chi connectivity index (χ1) is 15.1. The van der Waals surface area contributed by atoms with Gasteiger partial charge in [-0.3, -0.25) is 9.48 Å². The average Bonchev–Trinajstić information content (AvgIpc) is 3.24. The second kappa shape index (κ2) is 7.79. The van der Waals surface area contributed by atoms with Crippen molar-refractivity contribution in [1.82, 2.24) is 14.7 Å². The maximum atomic E-state index is 12.9. The zero-order valence-corrected chi connectivity index (χ0v) is 17.2. The van der Waals surface area contributed by atoms with E-state index in [0.717, 1.165) is 29.9 Å². The van der Waals surface area contributed by atoms with E-state index in [2.05, 4.69) is 10.00 Å². The molecule has 8 nitrogen and oxygen atoms in total. The minimum absolute atomic E-state index is 0.0267. The van der Waals surface area contributed by atoms with Gasteiger partial charge in [0.25, 0.3) is 0 Å². The van der Waals surface area contributed by atoms with Crippen molar-refractivity contribution in [3.8, 4) is 5.75 Å². The van der Waals surface area contributed by atoms with Crippen LogP contribution in [0.3, 0.4) is 0 Å². The molecule has 1 amide bonds. The van der Waals surface area contributed by atoms with Crippen LogP contribution in [0, 0.1) is 0 Å². The second-order valence-corrected chi connectivity index (χ2v) is 7.51. The number of nitrogens with zero attached hydrogens (tertiary/aromatic N) is 4. The summed E-state index contributed by atoms with van der Waals surface area (Å²) >= 11 is 0. The van der Waals surface area contributed by atoms with Gasteiger partial charge in [-0.25, -0.2) is 4.79 Å². The van der Waals surface area contributed by atoms with Crippen LogP contribution in [0.4, 0.5) is 5.69 Å². The number of carbonyl (C=O) groups is 1. The molecule has 3 heterocycles. The molecule has 0 spiro atoms. The molecule has 2 aromatic carbocycles. The summed E-state index contributed by atoms with van der Waals surface area (Å²) in [4.78, 5) is 29.2. The molecular weight excluding hydrogens is 396 g/mol. The Morgan fingerprint density at radius 2 is 1.77 bits per heavy atom. The summed E-state index contributed by atoms with van der Waals surface area (Å²) in [6, 6.07) is 15.2. The van der Waals surface area contributed by atoms with E-state index in [1.165, 1.54) is 4.68 Å². The second-order valence-electron chi connectivity index (χ2n) is 7.51.